The fourth-order valence-electron chi connectivity index (χ4n) is 5.99. The number of anilines is 4. The van der Waals surface area contributed by atoms with E-state index >= 15 is 0 Å². The molecule has 0 saturated carbocycles. The van der Waals surface area contributed by atoms with Crippen molar-refractivity contribution in [2.45, 2.75) is 0 Å². The molecule has 7 rings (SSSR count). The minimum Gasteiger partial charge on any atom is -0.322 e. The average Bonchev–Trinajstić information content (AvgIpc) is 3.21. The molecule has 0 spiro atoms. The maximum atomic E-state index is 13.7. The largest absolute Gasteiger partial charge is 0.322 e. The second kappa shape index (κ2) is 16.5. The van der Waals surface area contributed by atoms with Crippen LogP contribution >= 0.6 is 34.8 Å². The Labute approximate surface area is 347 Å². The molecular weight excluding hydrogens is 827 g/mol. The molecule has 2 aliphatic rings. The topological polar surface area (TPSA) is 227 Å². The lowest BCUT2D eigenvalue weighted by Crippen LogP contribution is -2.30. The zero-order valence-electron chi connectivity index (χ0n) is 29.7. The summed E-state index contributed by atoms with van der Waals surface area (Å²) in [5, 5.41) is 36.9. The van der Waals surface area contributed by atoms with Crippen LogP contribution in [0.15, 0.2) is 124 Å². The Morgan fingerprint density at radius 3 is 1.46 bits per heavy atom. The number of fused-ring (bicyclic) bond motifs is 2. The summed E-state index contributed by atoms with van der Waals surface area (Å²) in [6.45, 7) is 0. The van der Waals surface area contributed by atoms with Crippen LogP contribution in [0.2, 0.25) is 15.1 Å². The summed E-state index contributed by atoms with van der Waals surface area (Å²) in [5.74, 6) is -3.25. The highest BCUT2D eigenvalue weighted by Gasteiger charge is 2.32. The molecule has 0 aliphatic heterocycles. The first kappa shape index (κ1) is 39.7. The quantitative estimate of drug-likeness (QED) is 0.0597. The van der Waals surface area contributed by atoms with E-state index < -0.39 is 33.2 Å². The van der Waals surface area contributed by atoms with Gasteiger partial charge >= 0.3 is 0 Å². The summed E-state index contributed by atoms with van der Waals surface area (Å²) in [6.07, 6.45) is 2.75. The lowest BCUT2D eigenvalue weighted by molar-refractivity contribution is -0.384. The Morgan fingerprint density at radius 2 is 1.00 bits per heavy atom. The molecule has 2 amide bonds. The van der Waals surface area contributed by atoms with Crippen molar-refractivity contribution in [3.8, 4) is 0 Å². The van der Waals surface area contributed by atoms with Crippen LogP contribution in [0.4, 0.5) is 34.1 Å². The van der Waals surface area contributed by atoms with Crippen LogP contribution in [-0.2, 0) is 19.2 Å². The Morgan fingerprint density at radius 1 is 0.559 bits per heavy atom. The van der Waals surface area contributed by atoms with Crippen molar-refractivity contribution >= 4 is 116 Å². The van der Waals surface area contributed by atoms with E-state index in [1.165, 1.54) is 54.6 Å². The number of nitro benzene ring substituents is 2. The van der Waals surface area contributed by atoms with E-state index in [4.69, 9.17) is 34.8 Å². The lowest BCUT2D eigenvalue weighted by atomic mass is 9.89. The van der Waals surface area contributed by atoms with Crippen LogP contribution < -0.4 is 21.5 Å². The number of nitro groups is 2. The van der Waals surface area contributed by atoms with Crippen molar-refractivity contribution < 1.29 is 29.0 Å². The Balaban J connectivity index is 1.09. The molecule has 2 aliphatic carbocycles. The van der Waals surface area contributed by atoms with Crippen LogP contribution in [-0.4, -0.2) is 44.7 Å². The van der Waals surface area contributed by atoms with Gasteiger partial charge in [-0.05, 0) is 65.7 Å². The zero-order chi connectivity index (χ0) is 42.0. The first-order valence-corrected chi connectivity index (χ1v) is 18.1. The second-order valence-electron chi connectivity index (χ2n) is 12.5. The fourth-order valence-corrected chi connectivity index (χ4v) is 6.55. The van der Waals surface area contributed by atoms with Gasteiger partial charge in [0.05, 0.1) is 31.7 Å². The molecule has 19 heteroatoms. The zero-order valence-corrected chi connectivity index (χ0v) is 31.9. The molecule has 0 aromatic heterocycles. The molecule has 0 bridgehead atoms. The molecule has 59 heavy (non-hydrogen) atoms. The van der Waals surface area contributed by atoms with Crippen molar-refractivity contribution in [1.82, 2.24) is 0 Å². The summed E-state index contributed by atoms with van der Waals surface area (Å²) >= 11 is 18.4. The third-order valence-electron chi connectivity index (χ3n) is 8.80. The number of nitrogens with zero attached hydrogens (tertiary/aromatic N) is 4. The number of Topliss-reactive ketones (excluding diaryl/α,β-unsaturated/α-hetero) is 2. The van der Waals surface area contributed by atoms with E-state index in [0.717, 1.165) is 12.1 Å². The number of hydrogen-bond acceptors (Lipinski definition) is 12. The number of hydrazone groups is 2. The minimum atomic E-state index is -0.852. The summed E-state index contributed by atoms with van der Waals surface area (Å²) in [5.41, 5.74) is 5.14. The highest BCUT2D eigenvalue weighted by atomic mass is 35.5. The maximum Gasteiger partial charge on any atom is 0.295 e. The Bertz CT molecular complexity index is 2820. The predicted octanol–water partition coefficient (Wildman–Crippen LogP) is 8.31. The number of benzene rings is 5. The minimum absolute atomic E-state index is 0.0402. The maximum absolute atomic E-state index is 13.7. The molecule has 0 radical (unpaired) electrons. The van der Waals surface area contributed by atoms with Crippen LogP contribution in [0, 0.1) is 20.2 Å². The Hall–Kier alpha value is -7.53. The van der Waals surface area contributed by atoms with Gasteiger partial charge in [-0.1, -0.05) is 83.3 Å². The first-order valence-electron chi connectivity index (χ1n) is 17.0. The predicted molar refractivity (Wildman–Crippen MR) is 224 cm³/mol. The van der Waals surface area contributed by atoms with Crippen LogP contribution in [0.3, 0.4) is 0 Å². The number of amides is 2. The van der Waals surface area contributed by atoms with Crippen LogP contribution in [0.5, 0.6) is 0 Å². The normalized spacial score (nSPS) is 14.4. The number of nitrogens with one attached hydrogen (secondary N) is 4. The molecule has 0 unspecified atom stereocenters. The number of carbonyl (C=O) groups is 4. The fraction of sp³-hybridized carbons (Fsp3) is 0. The van der Waals surface area contributed by atoms with Gasteiger partial charge in [0.2, 0.25) is 11.6 Å². The molecule has 0 atom stereocenters. The van der Waals surface area contributed by atoms with Crippen LogP contribution in [0.1, 0.15) is 22.3 Å². The summed E-state index contributed by atoms with van der Waals surface area (Å²) in [4.78, 5) is 76.4. The summed E-state index contributed by atoms with van der Waals surface area (Å²) in [6, 6.07) is 25.0. The van der Waals surface area contributed by atoms with Crippen molar-refractivity contribution in [1.29, 1.82) is 0 Å². The van der Waals surface area contributed by atoms with Gasteiger partial charge in [0, 0.05) is 39.0 Å². The van der Waals surface area contributed by atoms with E-state index in [2.05, 4.69) is 31.7 Å². The Kier molecular flexibility index (Phi) is 11.1. The van der Waals surface area contributed by atoms with Crippen molar-refractivity contribution in [2.24, 2.45) is 10.2 Å². The number of rotatable bonds is 10. The van der Waals surface area contributed by atoms with Gasteiger partial charge in [-0.2, -0.15) is 10.2 Å². The van der Waals surface area contributed by atoms with Crippen LogP contribution in [0.25, 0.3) is 12.2 Å². The van der Waals surface area contributed by atoms with E-state index in [0.29, 0.717) is 22.3 Å². The highest BCUT2D eigenvalue weighted by Crippen LogP contribution is 2.32. The van der Waals surface area contributed by atoms with Gasteiger partial charge in [0.25, 0.3) is 23.2 Å². The highest BCUT2D eigenvalue weighted by molar-refractivity contribution is 6.60. The van der Waals surface area contributed by atoms with Gasteiger partial charge < -0.3 is 10.6 Å². The number of halogens is 3. The summed E-state index contributed by atoms with van der Waals surface area (Å²) < 4.78 is 0. The molecule has 16 nitrogen and oxygen atoms in total. The van der Waals surface area contributed by atoms with Gasteiger partial charge in [-0.25, -0.2) is 0 Å². The smallest absolute Gasteiger partial charge is 0.295 e. The van der Waals surface area contributed by atoms with Gasteiger partial charge in [-0.3, -0.25) is 50.3 Å². The van der Waals surface area contributed by atoms with Gasteiger partial charge in [0.15, 0.2) is 0 Å². The van der Waals surface area contributed by atoms with Gasteiger partial charge in [0.1, 0.15) is 22.8 Å². The number of ketones is 2. The molecule has 0 saturated heterocycles. The van der Waals surface area contributed by atoms with E-state index in [-0.39, 0.29) is 71.8 Å². The molecular formula is C40H23Cl3N8O8. The molecule has 5 aromatic carbocycles. The SMILES string of the molecule is O=C(Nc1ccc(NC(=O)C2=Cc3ccccc3/C(=N\Nc3ccc(Cl)cc3[N+](=O)[O-])C2=O)cc1Cl)C1=Cc2ccccc2/C(=N/Nc2ccc(Cl)cc2[N+](=O)[O-])C1=O. The monoisotopic (exact) mass is 848 g/mol. The van der Waals surface area contributed by atoms with Crippen molar-refractivity contribution in [3.05, 3.63) is 172 Å². The van der Waals surface area contributed by atoms with E-state index in [1.807, 2.05) is 0 Å². The summed E-state index contributed by atoms with van der Waals surface area (Å²) in [7, 11) is 0. The standard InChI is InChI=1S/C40H23Cl3N8O8/c41-22-9-12-31(33(17-22)50(56)57)46-48-35-25-7-3-1-5-20(25)15-27(37(35)52)39(54)44-24-11-14-30(29(43)19-24)45-40(55)28-16-21-6-2-4-8-26(21)36(38(28)53)49-47-32-13-10-23(42)18-34(32)51(58)59/h1-19,46-47H,(H,44,54)(H,45,55)/b48-35+,49-36-. The number of hydrogen-bond donors (Lipinski definition) is 4. The third kappa shape index (κ3) is 8.31. The molecule has 0 fully saturated rings. The molecule has 4 N–H and O–H groups in total. The second-order valence-corrected chi connectivity index (χ2v) is 13.8. The lowest BCUT2D eigenvalue weighted by Gasteiger charge is -2.18. The van der Waals surface area contributed by atoms with E-state index in [1.54, 1.807) is 48.5 Å². The average molecular weight is 850 g/mol. The van der Waals surface area contributed by atoms with Crippen molar-refractivity contribution in [2.75, 3.05) is 21.5 Å². The molecule has 292 valence electrons. The first-order chi connectivity index (χ1) is 28.3. The number of carbonyl (C=O) groups excluding carboxylic acids is 4. The van der Waals surface area contributed by atoms with E-state index in [9.17, 15) is 39.4 Å². The van der Waals surface area contributed by atoms with Crippen molar-refractivity contribution in [3.63, 3.8) is 0 Å². The molecule has 0 heterocycles. The molecule has 5 aromatic rings. The third-order valence-corrected chi connectivity index (χ3v) is 9.59. The van der Waals surface area contributed by atoms with Gasteiger partial charge in [-0.15, -0.1) is 0 Å².